The molecule has 0 aromatic carbocycles. The molecule has 1 aliphatic carbocycles. The van der Waals surface area contributed by atoms with E-state index in [1.54, 1.807) is 0 Å². The topological polar surface area (TPSA) is 103 Å². The second kappa shape index (κ2) is 5.82. The van der Waals surface area contributed by atoms with Crippen LogP contribution in [0.3, 0.4) is 0 Å². The highest BCUT2D eigenvalue weighted by molar-refractivity contribution is 5.90. The highest BCUT2D eigenvalue weighted by Gasteiger charge is 2.40. The van der Waals surface area contributed by atoms with E-state index >= 15 is 0 Å². The highest BCUT2D eigenvalue weighted by atomic mass is 19.4. The molecule has 3 N–H and O–H groups in total. The summed E-state index contributed by atoms with van der Waals surface area (Å²) < 4.78 is 41.7. The first-order valence-electron chi connectivity index (χ1n) is 8.12. The molecular formula is C16H15F3N6O. The fourth-order valence-corrected chi connectivity index (χ4v) is 3.36. The van der Waals surface area contributed by atoms with Crippen LogP contribution in [0.2, 0.25) is 0 Å². The predicted octanol–water partition coefficient (Wildman–Crippen LogP) is 3.31. The van der Waals surface area contributed by atoms with Crippen LogP contribution in [-0.4, -0.2) is 29.8 Å². The van der Waals surface area contributed by atoms with Crippen LogP contribution in [0.25, 0.3) is 22.4 Å². The maximum absolute atomic E-state index is 13.5. The minimum absolute atomic E-state index is 0.0303. The standard InChI is InChI=1S/C16H15F3N6O/c17-16(18,19)12-11-13(20)22-14(9-5-6-21-7-10(9)26)23-15(11)25(24-12)8-3-1-2-4-8/h5-8,26H,1-4H2,(H2,20,22,23). The van der Waals surface area contributed by atoms with E-state index in [1.807, 2.05) is 0 Å². The molecule has 136 valence electrons. The van der Waals surface area contributed by atoms with E-state index in [-0.39, 0.29) is 40.0 Å². The van der Waals surface area contributed by atoms with Crippen LogP contribution < -0.4 is 5.73 Å². The molecule has 7 nitrogen and oxygen atoms in total. The molecule has 3 aromatic heterocycles. The quantitative estimate of drug-likeness (QED) is 0.723. The van der Waals surface area contributed by atoms with Crippen molar-refractivity contribution in [3.63, 3.8) is 0 Å². The third-order valence-corrected chi connectivity index (χ3v) is 4.56. The zero-order chi connectivity index (χ0) is 18.5. The Labute approximate surface area is 145 Å². The smallest absolute Gasteiger partial charge is 0.435 e. The van der Waals surface area contributed by atoms with Crippen molar-refractivity contribution in [1.29, 1.82) is 0 Å². The van der Waals surface area contributed by atoms with Gasteiger partial charge in [-0.25, -0.2) is 14.6 Å². The first kappa shape index (κ1) is 16.6. The Bertz CT molecular complexity index is 978. The molecule has 0 bridgehead atoms. The average Bonchev–Trinajstić information content (AvgIpc) is 3.21. The molecule has 26 heavy (non-hydrogen) atoms. The number of anilines is 1. The number of aromatic hydroxyl groups is 1. The van der Waals surface area contributed by atoms with Gasteiger partial charge in [-0.2, -0.15) is 18.3 Å². The van der Waals surface area contributed by atoms with Crippen molar-refractivity contribution in [2.24, 2.45) is 0 Å². The van der Waals surface area contributed by atoms with Gasteiger partial charge in [-0.05, 0) is 18.9 Å². The summed E-state index contributed by atoms with van der Waals surface area (Å²) in [5.74, 6) is -0.477. The molecule has 0 saturated heterocycles. The van der Waals surface area contributed by atoms with E-state index in [0.717, 1.165) is 25.7 Å². The van der Waals surface area contributed by atoms with E-state index < -0.39 is 11.9 Å². The second-order valence-corrected chi connectivity index (χ2v) is 6.25. The molecule has 0 spiro atoms. The van der Waals surface area contributed by atoms with Gasteiger partial charge in [0, 0.05) is 6.20 Å². The molecule has 3 heterocycles. The van der Waals surface area contributed by atoms with Gasteiger partial charge >= 0.3 is 6.18 Å². The number of nitrogen functional groups attached to an aromatic ring is 1. The molecule has 0 unspecified atom stereocenters. The number of alkyl halides is 3. The van der Waals surface area contributed by atoms with Crippen molar-refractivity contribution in [2.75, 3.05) is 5.73 Å². The number of nitrogens with two attached hydrogens (primary N) is 1. The first-order chi connectivity index (χ1) is 12.4. The van der Waals surface area contributed by atoms with Crippen molar-refractivity contribution >= 4 is 16.9 Å². The summed E-state index contributed by atoms with van der Waals surface area (Å²) in [7, 11) is 0. The number of hydrogen-bond donors (Lipinski definition) is 2. The van der Waals surface area contributed by atoms with Gasteiger partial charge in [-0.15, -0.1) is 0 Å². The van der Waals surface area contributed by atoms with Crippen molar-refractivity contribution < 1.29 is 18.3 Å². The molecule has 1 fully saturated rings. The Morgan fingerprint density at radius 3 is 2.58 bits per heavy atom. The van der Waals surface area contributed by atoms with Gasteiger partial charge in [0.25, 0.3) is 0 Å². The highest BCUT2D eigenvalue weighted by Crippen LogP contribution is 2.40. The van der Waals surface area contributed by atoms with Gasteiger partial charge in [0.15, 0.2) is 17.2 Å². The Kier molecular flexibility index (Phi) is 3.70. The van der Waals surface area contributed by atoms with Crippen LogP contribution in [-0.2, 0) is 6.18 Å². The molecule has 0 atom stereocenters. The van der Waals surface area contributed by atoms with Gasteiger partial charge in [0.2, 0.25) is 0 Å². The Morgan fingerprint density at radius 1 is 1.19 bits per heavy atom. The molecule has 10 heteroatoms. The van der Waals surface area contributed by atoms with Crippen LogP contribution >= 0.6 is 0 Å². The van der Waals surface area contributed by atoms with E-state index in [9.17, 15) is 18.3 Å². The fraction of sp³-hybridized carbons (Fsp3) is 0.375. The number of hydrogen-bond acceptors (Lipinski definition) is 6. The second-order valence-electron chi connectivity index (χ2n) is 6.25. The van der Waals surface area contributed by atoms with Crippen LogP contribution in [0.15, 0.2) is 18.5 Å². The summed E-state index contributed by atoms with van der Waals surface area (Å²) in [4.78, 5) is 12.0. The summed E-state index contributed by atoms with van der Waals surface area (Å²) in [6.07, 6.45) is 1.27. The van der Waals surface area contributed by atoms with Crippen LogP contribution in [0.5, 0.6) is 5.75 Å². The lowest BCUT2D eigenvalue weighted by Gasteiger charge is -2.11. The Hall–Kier alpha value is -2.91. The maximum atomic E-state index is 13.5. The molecule has 0 amide bonds. The molecule has 4 rings (SSSR count). The number of halogens is 3. The Morgan fingerprint density at radius 2 is 1.92 bits per heavy atom. The summed E-state index contributed by atoms with van der Waals surface area (Å²) in [6.45, 7) is 0. The van der Waals surface area contributed by atoms with Crippen molar-refractivity contribution in [2.45, 2.75) is 37.9 Å². The maximum Gasteiger partial charge on any atom is 0.435 e. The fourth-order valence-electron chi connectivity index (χ4n) is 3.36. The predicted molar refractivity (Wildman–Crippen MR) is 87.1 cm³/mol. The number of fused-ring (bicyclic) bond motifs is 1. The number of aromatic nitrogens is 5. The SMILES string of the molecule is Nc1nc(-c2ccncc2O)nc2c1c(C(F)(F)F)nn2C1CCCC1. The zero-order valence-corrected chi connectivity index (χ0v) is 13.5. The van der Waals surface area contributed by atoms with Gasteiger partial charge < -0.3 is 10.8 Å². The van der Waals surface area contributed by atoms with E-state index in [0.29, 0.717) is 0 Å². The monoisotopic (exact) mass is 364 g/mol. The summed E-state index contributed by atoms with van der Waals surface area (Å²) in [5.41, 5.74) is 5.04. The molecule has 1 aliphatic rings. The lowest BCUT2D eigenvalue weighted by molar-refractivity contribution is -0.140. The first-order valence-corrected chi connectivity index (χ1v) is 8.12. The number of rotatable bonds is 2. The molecule has 1 saturated carbocycles. The molecule has 3 aromatic rings. The lowest BCUT2D eigenvalue weighted by atomic mass is 10.2. The third kappa shape index (κ3) is 2.61. The molecule has 0 radical (unpaired) electrons. The van der Waals surface area contributed by atoms with E-state index in [2.05, 4.69) is 20.1 Å². The Balaban J connectivity index is 2.00. The minimum Gasteiger partial charge on any atom is -0.506 e. The van der Waals surface area contributed by atoms with Gasteiger partial charge in [-0.3, -0.25) is 4.98 Å². The van der Waals surface area contributed by atoms with Crippen LogP contribution in [0.4, 0.5) is 19.0 Å². The minimum atomic E-state index is -4.67. The zero-order valence-electron chi connectivity index (χ0n) is 13.5. The number of pyridine rings is 1. The van der Waals surface area contributed by atoms with Gasteiger partial charge in [0.05, 0.1) is 23.2 Å². The summed E-state index contributed by atoms with van der Waals surface area (Å²) in [5, 5.41) is 13.4. The van der Waals surface area contributed by atoms with Gasteiger partial charge in [0.1, 0.15) is 11.6 Å². The van der Waals surface area contributed by atoms with Crippen LogP contribution in [0, 0.1) is 0 Å². The third-order valence-electron chi connectivity index (χ3n) is 4.56. The molecule has 0 aliphatic heterocycles. The van der Waals surface area contributed by atoms with E-state index in [4.69, 9.17) is 5.73 Å². The lowest BCUT2D eigenvalue weighted by Crippen LogP contribution is -2.11. The number of nitrogens with zero attached hydrogens (tertiary/aromatic N) is 5. The van der Waals surface area contributed by atoms with Crippen molar-refractivity contribution in [3.8, 4) is 17.1 Å². The average molecular weight is 364 g/mol. The van der Waals surface area contributed by atoms with Gasteiger partial charge in [-0.1, -0.05) is 12.8 Å². The summed E-state index contributed by atoms with van der Waals surface area (Å²) in [6, 6.07) is 1.30. The van der Waals surface area contributed by atoms with E-state index in [1.165, 1.54) is 23.1 Å². The van der Waals surface area contributed by atoms with Crippen molar-refractivity contribution in [1.82, 2.24) is 24.7 Å². The molecular weight excluding hydrogens is 349 g/mol. The van der Waals surface area contributed by atoms with Crippen molar-refractivity contribution in [3.05, 3.63) is 24.2 Å². The normalized spacial score (nSPS) is 15.8. The summed E-state index contributed by atoms with van der Waals surface area (Å²) >= 11 is 0. The van der Waals surface area contributed by atoms with Crippen LogP contribution in [0.1, 0.15) is 37.4 Å². The largest absolute Gasteiger partial charge is 0.506 e.